The molecule has 10 heteroatoms. The molecule has 1 fully saturated rings. The van der Waals surface area contributed by atoms with E-state index in [1.165, 1.54) is 11.3 Å². The van der Waals surface area contributed by atoms with E-state index in [0.29, 0.717) is 46.9 Å². The predicted octanol–water partition coefficient (Wildman–Crippen LogP) is 5.47. The summed E-state index contributed by atoms with van der Waals surface area (Å²) in [7, 11) is 0. The lowest BCUT2D eigenvalue weighted by Crippen LogP contribution is -2.24. The van der Waals surface area contributed by atoms with Gasteiger partial charge in [-0.25, -0.2) is 0 Å². The first kappa shape index (κ1) is 23.5. The molecule has 0 aliphatic carbocycles. The zero-order chi connectivity index (χ0) is 23.4. The van der Waals surface area contributed by atoms with Gasteiger partial charge in [-0.05, 0) is 43.7 Å². The molecule has 1 aliphatic heterocycles. The van der Waals surface area contributed by atoms with E-state index in [2.05, 4.69) is 15.5 Å². The van der Waals surface area contributed by atoms with Crippen molar-refractivity contribution in [3.8, 4) is 5.75 Å². The Morgan fingerprint density at radius 2 is 2.00 bits per heavy atom. The van der Waals surface area contributed by atoms with Crippen LogP contribution in [0, 0.1) is 6.92 Å². The van der Waals surface area contributed by atoms with Gasteiger partial charge >= 0.3 is 0 Å². The maximum absolute atomic E-state index is 12.5. The fourth-order valence-corrected chi connectivity index (χ4v) is 4.80. The molecule has 172 valence electrons. The Balaban J connectivity index is 1.25. The average molecular weight is 505 g/mol. The Hall–Kier alpha value is -2.68. The molecule has 7 nitrogen and oxygen atoms in total. The number of nitrogens with zero attached hydrogens (tertiary/aromatic N) is 3. The molecule has 3 aromatic rings. The molecule has 4 rings (SSSR count). The lowest BCUT2D eigenvalue weighted by atomic mass is 10.1. The van der Waals surface area contributed by atoms with Crippen molar-refractivity contribution in [1.29, 1.82) is 0 Å². The molecule has 33 heavy (non-hydrogen) atoms. The summed E-state index contributed by atoms with van der Waals surface area (Å²) in [5.74, 6) is 0.373. The summed E-state index contributed by atoms with van der Waals surface area (Å²) in [6.45, 7) is 2.90. The monoisotopic (exact) mass is 504 g/mol. The summed E-state index contributed by atoms with van der Waals surface area (Å²) in [5.41, 5.74) is 2.03. The van der Waals surface area contributed by atoms with Crippen molar-refractivity contribution in [1.82, 2.24) is 10.2 Å². The fraction of sp³-hybridized carbons (Fsp3) is 0.304. The van der Waals surface area contributed by atoms with Gasteiger partial charge in [-0.2, -0.15) is 0 Å². The number of aromatic nitrogens is 2. The van der Waals surface area contributed by atoms with E-state index < -0.39 is 0 Å². The highest BCUT2D eigenvalue weighted by atomic mass is 35.5. The minimum atomic E-state index is -0.174. The number of halogens is 2. The number of nitrogens with one attached hydrogen (secondary N) is 1. The van der Waals surface area contributed by atoms with E-state index in [-0.39, 0.29) is 24.2 Å². The molecule has 0 spiro atoms. The third kappa shape index (κ3) is 6.01. The summed E-state index contributed by atoms with van der Waals surface area (Å²) >= 11 is 13.2. The van der Waals surface area contributed by atoms with Gasteiger partial charge in [-0.15, -0.1) is 10.2 Å². The largest absolute Gasteiger partial charge is 0.492 e. The van der Waals surface area contributed by atoms with Gasteiger partial charge in [0.05, 0.1) is 11.6 Å². The van der Waals surface area contributed by atoms with Gasteiger partial charge in [0, 0.05) is 36.0 Å². The Bertz CT molecular complexity index is 1150. The van der Waals surface area contributed by atoms with Crippen LogP contribution in [0.1, 0.15) is 35.8 Å². The lowest BCUT2D eigenvalue weighted by Gasteiger charge is -2.16. The van der Waals surface area contributed by atoms with E-state index in [1.54, 1.807) is 23.1 Å². The second-order valence-corrected chi connectivity index (χ2v) is 9.61. The summed E-state index contributed by atoms with van der Waals surface area (Å²) in [6.07, 6.45) is 1.16. The van der Waals surface area contributed by atoms with Gasteiger partial charge in [0.15, 0.2) is 0 Å². The minimum absolute atomic E-state index is 0.0421. The fourth-order valence-electron chi connectivity index (χ4n) is 3.49. The van der Waals surface area contributed by atoms with Crippen LogP contribution in [0.2, 0.25) is 10.0 Å². The van der Waals surface area contributed by atoms with Crippen molar-refractivity contribution < 1.29 is 14.3 Å². The molecule has 2 heterocycles. The van der Waals surface area contributed by atoms with Gasteiger partial charge in [0.1, 0.15) is 10.8 Å². The van der Waals surface area contributed by atoms with Crippen molar-refractivity contribution in [2.75, 3.05) is 23.4 Å². The van der Waals surface area contributed by atoms with Crippen LogP contribution in [-0.4, -0.2) is 35.2 Å². The van der Waals surface area contributed by atoms with Gasteiger partial charge in [-0.1, -0.05) is 52.2 Å². The quantitative estimate of drug-likeness (QED) is 0.411. The highest BCUT2D eigenvalue weighted by molar-refractivity contribution is 7.15. The Morgan fingerprint density at radius 1 is 1.21 bits per heavy atom. The first-order valence-electron chi connectivity index (χ1n) is 10.5. The molecular weight excluding hydrogens is 483 g/mol. The number of carbonyl (C=O) groups is 2. The first-order chi connectivity index (χ1) is 15.9. The molecule has 0 radical (unpaired) electrons. The normalized spacial score (nSPS) is 15.7. The Morgan fingerprint density at radius 3 is 2.76 bits per heavy atom. The van der Waals surface area contributed by atoms with Crippen molar-refractivity contribution in [2.45, 2.75) is 32.1 Å². The van der Waals surface area contributed by atoms with Gasteiger partial charge < -0.3 is 15.0 Å². The minimum Gasteiger partial charge on any atom is -0.492 e. The number of rotatable bonds is 8. The van der Waals surface area contributed by atoms with Crippen LogP contribution >= 0.6 is 34.5 Å². The maximum Gasteiger partial charge on any atom is 0.227 e. The summed E-state index contributed by atoms with van der Waals surface area (Å²) in [6, 6.07) is 12.9. The van der Waals surface area contributed by atoms with E-state index in [1.807, 2.05) is 31.2 Å². The summed E-state index contributed by atoms with van der Waals surface area (Å²) in [5, 5.41) is 13.2. The number of benzene rings is 2. The van der Waals surface area contributed by atoms with Crippen molar-refractivity contribution in [3.05, 3.63) is 63.1 Å². The van der Waals surface area contributed by atoms with Crippen LogP contribution in [-0.2, 0) is 9.59 Å². The number of ether oxygens (including phenoxy) is 1. The van der Waals surface area contributed by atoms with Crippen LogP contribution in [0.3, 0.4) is 0 Å². The second kappa shape index (κ2) is 10.5. The van der Waals surface area contributed by atoms with Gasteiger partial charge in [-0.3, -0.25) is 9.59 Å². The Kier molecular flexibility index (Phi) is 7.47. The standard InChI is InChI=1S/C23H22Cl2N4O3S/c1-14-4-7-17(8-5-14)29-13-15(11-21(29)31)22-27-28-23(33-22)26-20(30)3-2-10-32-19-9-6-16(24)12-18(19)25/h4-9,12,15H,2-3,10-11,13H2,1H3,(H,26,28,30). The molecule has 2 aromatic carbocycles. The zero-order valence-electron chi connectivity index (χ0n) is 17.9. The average Bonchev–Trinajstić information content (AvgIpc) is 3.39. The molecule has 0 saturated carbocycles. The van der Waals surface area contributed by atoms with Crippen molar-refractivity contribution in [2.24, 2.45) is 0 Å². The molecular formula is C23H22Cl2N4O3S. The van der Waals surface area contributed by atoms with E-state index in [4.69, 9.17) is 27.9 Å². The molecule has 0 bridgehead atoms. The van der Waals surface area contributed by atoms with Gasteiger partial charge in [0.2, 0.25) is 16.9 Å². The molecule has 1 aliphatic rings. The van der Waals surface area contributed by atoms with Gasteiger partial charge in [0.25, 0.3) is 0 Å². The molecule has 1 aromatic heterocycles. The van der Waals surface area contributed by atoms with E-state index >= 15 is 0 Å². The maximum atomic E-state index is 12.5. The number of carbonyl (C=O) groups excluding carboxylic acids is 2. The second-order valence-electron chi connectivity index (χ2n) is 7.76. The number of amides is 2. The van der Waals surface area contributed by atoms with Crippen LogP contribution in [0.15, 0.2) is 42.5 Å². The third-order valence-electron chi connectivity index (χ3n) is 5.21. The van der Waals surface area contributed by atoms with Crippen LogP contribution in [0.4, 0.5) is 10.8 Å². The molecule has 1 unspecified atom stereocenters. The van der Waals surface area contributed by atoms with Crippen molar-refractivity contribution >= 4 is 57.2 Å². The number of aryl methyl sites for hydroxylation is 1. The van der Waals surface area contributed by atoms with Crippen LogP contribution < -0.4 is 15.0 Å². The highest BCUT2D eigenvalue weighted by Gasteiger charge is 2.33. The van der Waals surface area contributed by atoms with E-state index in [0.717, 1.165) is 16.3 Å². The van der Waals surface area contributed by atoms with Crippen LogP contribution in [0.25, 0.3) is 0 Å². The summed E-state index contributed by atoms with van der Waals surface area (Å²) < 4.78 is 5.59. The van der Waals surface area contributed by atoms with Crippen LogP contribution in [0.5, 0.6) is 5.75 Å². The first-order valence-corrected chi connectivity index (χ1v) is 12.0. The summed E-state index contributed by atoms with van der Waals surface area (Å²) in [4.78, 5) is 26.5. The smallest absolute Gasteiger partial charge is 0.227 e. The molecule has 1 saturated heterocycles. The predicted molar refractivity (Wildman–Crippen MR) is 131 cm³/mol. The molecule has 1 N–H and O–H groups in total. The lowest BCUT2D eigenvalue weighted by molar-refractivity contribution is -0.117. The SMILES string of the molecule is Cc1ccc(N2CC(c3nnc(NC(=O)CCCOc4ccc(Cl)cc4Cl)s3)CC2=O)cc1. The third-order valence-corrected chi connectivity index (χ3v) is 6.74. The number of hydrogen-bond acceptors (Lipinski definition) is 6. The molecule has 2 amide bonds. The molecule has 1 atom stereocenters. The topological polar surface area (TPSA) is 84.4 Å². The number of hydrogen-bond donors (Lipinski definition) is 1. The highest BCUT2D eigenvalue weighted by Crippen LogP contribution is 2.34. The number of anilines is 2. The zero-order valence-corrected chi connectivity index (χ0v) is 20.2. The van der Waals surface area contributed by atoms with E-state index in [9.17, 15) is 9.59 Å². The Labute approximate surface area is 205 Å². The van der Waals surface area contributed by atoms with Crippen molar-refractivity contribution in [3.63, 3.8) is 0 Å².